The maximum absolute atomic E-state index is 12.4. The van der Waals surface area contributed by atoms with Crippen molar-refractivity contribution in [3.63, 3.8) is 0 Å². The molecule has 4 rings (SSSR count). The summed E-state index contributed by atoms with van der Waals surface area (Å²) in [5.41, 5.74) is 4.94. The van der Waals surface area contributed by atoms with Crippen LogP contribution >= 0.6 is 22.7 Å². The van der Waals surface area contributed by atoms with Crippen molar-refractivity contribution in [2.45, 2.75) is 6.54 Å². The zero-order valence-electron chi connectivity index (χ0n) is 13.9. The number of rotatable bonds is 5. The molecule has 3 aromatic heterocycles. The van der Waals surface area contributed by atoms with Gasteiger partial charge in [0.1, 0.15) is 0 Å². The SMILES string of the molecule is O=C(NCc1ccnc(-c2cccs2)c1)c1ccc(-c2ccsc2)cc1. The van der Waals surface area contributed by atoms with Crippen molar-refractivity contribution in [1.82, 2.24) is 10.3 Å². The minimum atomic E-state index is -0.0728. The van der Waals surface area contributed by atoms with Gasteiger partial charge in [-0.05, 0) is 69.2 Å². The molecule has 0 fully saturated rings. The number of aromatic nitrogens is 1. The standard InChI is InChI=1S/C21H16N2OS2/c24-21(17-5-3-16(4-6-17)18-8-11-25-14-18)23-13-15-7-9-22-19(12-15)20-2-1-10-26-20/h1-12,14H,13H2,(H,23,24). The lowest BCUT2D eigenvalue weighted by molar-refractivity contribution is 0.0951. The summed E-state index contributed by atoms with van der Waals surface area (Å²) in [6, 6.07) is 17.8. The maximum Gasteiger partial charge on any atom is 0.251 e. The number of nitrogens with zero attached hydrogens (tertiary/aromatic N) is 1. The van der Waals surface area contributed by atoms with Gasteiger partial charge >= 0.3 is 0 Å². The number of pyridine rings is 1. The van der Waals surface area contributed by atoms with E-state index in [0.717, 1.165) is 21.7 Å². The van der Waals surface area contributed by atoms with Crippen LogP contribution in [-0.2, 0) is 6.54 Å². The molecular formula is C21H16N2OS2. The summed E-state index contributed by atoms with van der Waals surface area (Å²) in [5, 5.41) is 9.17. The van der Waals surface area contributed by atoms with Crippen LogP contribution in [0.5, 0.6) is 0 Å². The molecule has 0 aliphatic carbocycles. The molecule has 0 saturated carbocycles. The first-order valence-corrected chi connectivity index (χ1v) is 10.0. The Labute approximate surface area is 160 Å². The lowest BCUT2D eigenvalue weighted by Gasteiger charge is -2.07. The normalized spacial score (nSPS) is 10.6. The highest BCUT2D eigenvalue weighted by atomic mass is 32.1. The predicted octanol–water partition coefficient (Wildman–Crippen LogP) is 5.47. The molecule has 0 aliphatic rings. The van der Waals surface area contributed by atoms with Crippen molar-refractivity contribution in [1.29, 1.82) is 0 Å². The fourth-order valence-electron chi connectivity index (χ4n) is 2.67. The highest BCUT2D eigenvalue weighted by molar-refractivity contribution is 7.13. The number of nitrogens with one attached hydrogen (secondary N) is 1. The number of amides is 1. The highest BCUT2D eigenvalue weighted by Gasteiger charge is 2.07. The average molecular weight is 377 g/mol. The fraction of sp³-hybridized carbons (Fsp3) is 0.0476. The van der Waals surface area contributed by atoms with E-state index in [9.17, 15) is 4.79 Å². The molecule has 1 N–H and O–H groups in total. The largest absolute Gasteiger partial charge is 0.348 e. The van der Waals surface area contributed by atoms with Gasteiger partial charge < -0.3 is 5.32 Å². The van der Waals surface area contributed by atoms with Crippen molar-refractivity contribution in [3.05, 3.63) is 88.1 Å². The number of benzene rings is 1. The molecule has 4 aromatic rings. The van der Waals surface area contributed by atoms with Gasteiger partial charge in [-0.3, -0.25) is 9.78 Å². The molecule has 0 atom stereocenters. The Morgan fingerprint density at radius 3 is 2.62 bits per heavy atom. The Hall–Kier alpha value is -2.76. The van der Waals surface area contributed by atoms with Gasteiger partial charge in [0.25, 0.3) is 5.91 Å². The zero-order chi connectivity index (χ0) is 17.8. The van der Waals surface area contributed by atoms with Crippen molar-refractivity contribution < 1.29 is 4.79 Å². The number of hydrogen-bond acceptors (Lipinski definition) is 4. The van der Waals surface area contributed by atoms with Crippen LogP contribution < -0.4 is 5.32 Å². The number of carbonyl (C=O) groups excluding carboxylic acids is 1. The van der Waals surface area contributed by atoms with Gasteiger partial charge in [0.05, 0.1) is 10.6 Å². The number of hydrogen-bond donors (Lipinski definition) is 1. The van der Waals surface area contributed by atoms with Crippen LogP contribution in [0, 0.1) is 0 Å². The Kier molecular flexibility index (Phi) is 4.91. The summed E-state index contributed by atoms with van der Waals surface area (Å²) in [5.74, 6) is -0.0728. The van der Waals surface area contributed by atoms with E-state index in [2.05, 4.69) is 27.1 Å². The quantitative estimate of drug-likeness (QED) is 0.502. The van der Waals surface area contributed by atoms with E-state index in [1.165, 1.54) is 5.56 Å². The third-order valence-electron chi connectivity index (χ3n) is 4.05. The first-order valence-electron chi connectivity index (χ1n) is 8.19. The zero-order valence-corrected chi connectivity index (χ0v) is 15.5. The molecule has 0 spiro atoms. The second-order valence-corrected chi connectivity index (χ2v) is 7.53. The lowest BCUT2D eigenvalue weighted by Crippen LogP contribution is -2.22. The van der Waals surface area contributed by atoms with Gasteiger partial charge in [-0.15, -0.1) is 11.3 Å². The maximum atomic E-state index is 12.4. The topological polar surface area (TPSA) is 42.0 Å². The number of carbonyl (C=O) groups is 1. The molecule has 0 bridgehead atoms. The van der Waals surface area contributed by atoms with Gasteiger partial charge in [-0.25, -0.2) is 0 Å². The van der Waals surface area contributed by atoms with Crippen molar-refractivity contribution in [2.75, 3.05) is 0 Å². The van der Waals surface area contributed by atoms with Crippen molar-refractivity contribution in [2.24, 2.45) is 0 Å². The second kappa shape index (κ2) is 7.64. The molecule has 3 nitrogen and oxygen atoms in total. The fourth-order valence-corrected chi connectivity index (χ4v) is 4.03. The summed E-state index contributed by atoms with van der Waals surface area (Å²) in [7, 11) is 0. The molecule has 0 saturated heterocycles. The summed E-state index contributed by atoms with van der Waals surface area (Å²) < 4.78 is 0. The Balaban J connectivity index is 1.42. The van der Waals surface area contributed by atoms with E-state index >= 15 is 0 Å². The van der Waals surface area contributed by atoms with Crippen LogP contribution in [-0.4, -0.2) is 10.9 Å². The smallest absolute Gasteiger partial charge is 0.251 e. The summed E-state index contributed by atoms with van der Waals surface area (Å²) in [6.45, 7) is 0.478. The Morgan fingerprint density at radius 2 is 1.88 bits per heavy atom. The first-order chi connectivity index (χ1) is 12.8. The molecule has 3 heterocycles. The Bertz CT molecular complexity index is 991. The number of thiophene rings is 2. The van der Waals surface area contributed by atoms with E-state index in [4.69, 9.17) is 0 Å². The third-order valence-corrected chi connectivity index (χ3v) is 5.63. The molecule has 0 unspecified atom stereocenters. The molecule has 1 amide bonds. The van der Waals surface area contributed by atoms with Crippen LogP contribution in [0.1, 0.15) is 15.9 Å². The van der Waals surface area contributed by atoms with Gasteiger partial charge in [-0.2, -0.15) is 11.3 Å². The van der Waals surface area contributed by atoms with Gasteiger partial charge in [0, 0.05) is 18.3 Å². The van der Waals surface area contributed by atoms with Crippen LogP contribution in [0.2, 0.25) is 0 Å². The van der Waals surface area contributed by atoms with Crippen LogP contribution in [0.4, 0.5) is 0 Å². The summed E-state index contributed by atoms with van der Waals surface area (Å²) >= 11 is 3.32. The second-order valence-electron chi connectivity index (χ2n) is 5.80. The van der Waals surface area contributed by atoms with Crippen LogP contribution in [0.3, 0.4) is 0 Å². The van der Waals surface area contributed by atoms with Crippen LogP contribution in [0.15, 0.2) is 76.9 Å². The first kappa shape index (κ1) is 16.7. The Morgan fingerprint density at radius 1 is 1.00 bits per heavy atom. The summed E-state index contributed by atoms with van der Waals surface area (Å²) in [6.07, 6.45) is 1.78. The highest BCUT2D eigenvalue weighted by Crippen LogP contribution is 2.24. The van der Waals surface area contributed by atoms with E-state index in [1.807, 2.05) is 53.9 Å². The van der Waals surface area contributed by atoms with E-state index in [1.54, 1.807) is 28.9 Å². The van der Waals surface area contributed by atoms with E-state index in [-0.39, 0.29) is 5.91 Å². The molecule has 5 heteroatoms. The van der Waals surface area contributed by atoms with Crippen molar-refractivity contribution >= 4 is 28.6 Å². The summed E-state index contributed by atoms with van der Waals surface area (Å²) in [4.78, 5) is 17.9. The van der Waals surface area contributed by atoms with E-state index < -0.39 is 0 Å². The van der Waals surface area contributed by atoms with Gasteiger partial charge in [0.15, 0.2) is 0 Å². The lowest BCUT2D eigenvalue weighted by atomic mass is 10.1. The van der Waals surface area contributed by atoms with Gasteiger partial charge in [-0.1, -0.05) is 18.2 Å². The van der Waals surface area contributed by atoms with Crippen molar-refractivity contribution in [3.8, 4) is 21.7 Å². The molecule has 128 valence electrons. The van der Waals surface area contributed by atoms with E-state index in [0.29, 0.717) is 12.1 Å². The van der Waals surface area contributed by atoms with Crippen LogP contribution in [0.25, 0.3) is 21.7 Å². The van der Waals surface area contributed by atoms with Gasteiger partial charge in [0.2, 0.25) is 0 Å². The minimum absolute atomic E-state index is 0.0728. The minimum Gasteiger partial charge on any atom is -0.348 e. The molecule has 0 radical (unpaired) electrons. The molecule has 0 aliphatic heterocycles. The monoisotopic (exact) mass is 376 g/mol. The molecule has 1 aromatic carbocycles. The predicted molar refractivity (Wildman–Crippen MR) is 108 cm³/mol. The molecular weight excluding hydrogens is 360 g/mol. The average Bonchev–Trinajstić information content (AvgIpc) is 3.40. The third kappa shape index (κ3) is 3.74. The molecule has 26 heavy (non-hydrogen) atoms.